The van der Waals surface area contributed by atoms with E-state index in [0.29, 0.717) is 31.2 Å². The summed E-state index contributed by atoms with van der Waals surface area (Å²) in [5.41, 5.74) is 0.988. The van der Waals surface area contributed by atoms with Crippen LogP contribution in [-0.4, -0.2) is 61.5 Å². The van der Waals surface area contributed by atoms with Crippen molar-refractivity contribution in [1.29, 1.82) is 0 Å². The molecule has 0 aliphatic carbocycles. The van der Waals surface area contributed by atoms with Gasteiger partial charge in [0.05, 0.1) is 13.7 Å². The second-order valence-electron chi connectivity index (χ2n) is 6.97. The van der Waals surface area contributed by atoms with E-state index in [1.54, 1.807) is 24.3 Å². The van der Waals surface area contributed by atoms with Gasteiger partial charge in [-0.1, -0.05) is 23.7 Å². The summed E-state index contributed by atoms with van der Waals surface area (Å²) in [7, 11) is 1.35. The number of hydrogen-bond donors (Lipinski definition) is 1. The lowest BCUT2D eigenvalue weighted by molar-refractivity contribution is -0.148. The summed E-state index contributed by atoms with van der Waals surface area (Å²) in [6.45, 7) is 2.34. The number of anilines is 1. The largest absolute Gasteiger partial charge is 0.468 e. The number of halogens is 3. The zero-order chi connectivity index (χ0) is 21.7. The Balaban J connectivity index is 1.57. The van der Waals surface area contributed by atoms with Gasteiger partial charge in [-0.25, -0.2) is 13.6 Å². The summed E-state index contributed by atoms with van der Waals surface area (Å²) in [5.74, 6) is -2.67. The molecule has 1 heterocycles. The molecule has 2 aromatic carbocycles. The van der Waals surface area contributed by atoms with Crippen LogP contribution in [0.2, 0.25) is 5.02 Å². The molecule has 1 atom stereocenters. The van der Waals surface area contributed by atoms with E-state index in [9.17, 15) is 18.4 Å². The minimum atomic E-state index is -1.02. The van der Waals surface area contributed by atoms with Crippen LogP contribution in [0.4, 0.5) is 14.5 Å². The fourth-order valence-corrected chi connectivity index (χ4v) is 3.54. The Morgan fingerprint density at radius 2 is 1.73 bits per heavy atom. The summed E-state index contributed by atoms with van der Waals surface area (Å²) in [6, 6.07) is 9.71. The molecule has 1 aliphatic heterocycles. The molecule has 1 N–H and O–H groups in total. The van der Waals surface area contributed by atoms with Crippen LogP contribution in [0.1, 0.15) is 11.6 Å². The summed E-state index contributed by atoms with van der Waals surface area (Å²) in [6.07, 6.45) is 0. The van der Waals surface area contributed by atoms with Crippen LogP contribution >= 0.6 is 11.6 Å². The van der Waals surface area contributed by atoms with Gasteiger partial charge in [-0.05, 0) is 29.8 Å². The third kappa shape index (κ3) is 5.53. The topological polar surface area (TPSA) is 61.9 Å². The highest BCUT2D eigenvalue weighted by Crippen LogP contribution is 2.25. The van der Waals surface area contributed by atoms with Crippen LogP contribution in [0.25, 0.3) is 0 Å². The van der Waals surface area contributed by atoms with Crippen LogP contribution in [-0.2, 0) is 14.3 Å². The summed E-state index contributed by atoms with van der Waals surface area (Å²) in [4.78, 5) is 28.5. The van der Waals surface area contributed by atoms with Crippen molar-refractivity contribution in [2.75, 3.05) is 45.2 Å². The van der Waals surface area contributed by atoms with Crippen LogP contribution in [0, 0.1) is 11.6 Å². The lowest BCUT2D eigenvalue weighted by atomic mass is 10.0. The quantitative estimate of drug-likeness (QED) is 0.704. The number of piperazine rings is 1. The SMILES string of the molecule is COC(=O)C(c1ccc(Cl)cc1)N1CCN(CC(=O)Nc2ccc(F)c(F)c2)CC1. The Labute approximate surface area is 178 Å². The molecule has 0 aromatic heterocycles. The molecule has 0 spiro atoms. The van der Waals surface area contributed by atoms with E-state index in [4.69, 9.17) is 16.3 Å². The van der Waals surface area contributed by atoms with E-state index in [-0.39, 0.29) is 24.1 Å². The zero-order valence-electron chi connectivity index (χ0n) is 16.4. The van der Waals surface area contributed by atoms with E-state index < -0.39 is 17.7 Å². The average molecular weight is 438 g/mol. The lowest BCUT2D eigenvalue weighted by Gasteiger charge is -2.38. The minimum absolute atomic E-state index is 0.108. The van der Waals surface area contributed by atoms with Gasteiger partial charge < -0.3 is 10.1 Å². The summed E-state index contributed by atoms with van der Waals surface area (Å²) >= 11 is 5.94. The lowest BCUT2D eigenvalue weighted by Crippen LogP contribution is -2.51. The van der Waals surface area contributed by atoms with E-state index in [1.165, 1.54) is 13.2 Å². The first-order valence-corrected chi connectivity index (χ1v) is 9.80. The van der Waals surface area contributed by atoms with Crippen molar-refractivity contribution in [2.45, 2.75) is 6.04 Å². The average Bonchev–Trinajstić information content (AvgIpc) is 2.73. The summed E-state index contributed by atoms with van der Waals surface area (Å²) < 4.78 is 31.2. The molecule has 0 saturated carbocycles. The fraction of sp³-hybridized carbons (Fsp3) is 0.333. The highest BCUT2D eigenvalue weighted by Gasteiger charge is 2.31. The molecule has 9 heteroatoms. The third-order valence-corrected chi connectivity index (χ3v) is 5.20. The van der Waals surface area contributed by atoms with Gasteiger partial charge in [-0.3, -0.25) is 14.6 Å². The first kappa shape index (κ1) is 22.1. The van der Waals surface area contributed by atoms with Crippen LogP contribution in [0.3, 0.4) is 0 Å². The zero-order valence-corrected chi connectivity index (χ0v) is 17.2. The smallest absolute Gasteiger partial charge is 0.327 e. The monoisotopic (exact) mass is 437 g/mol. The maximum absolute atomic E-state index is 13.3. The van der Waals surface area contributed by atoms with Crippen molar-refractivity contribution in [1.82, 2.24) is 9.80 Å². The van der Waals surface area contributed by atoms with Gasteiger partial charge in [0.2, 0.25) is 5.91 Å². The Morgan fingerprint density at radius 3 is 2.33 bits per heavy atom. The van der Waals surface area contributed by atoms with Gasteiger partial charge in [0.15, 0.2) is 11.6 Å². The molecular formula is C21H22ClF2N3O3. The maximum atomic E-state index is 13.3. The number of hydrogen-bond acceptors (Lipinski definition) is 5. The Morgan fingerprint density at radius 1 is 1.07 bits per heavy atom. The normalized spacial score (nSPS) is 16.1. The van der Waals surface area contributed by atoms with Crippen molar-refractivity contribution in [3.05, 3.63) is 64.7 Å². The number of methoxy groups -OCH3 is 1. The second kappa shape index (κ2) is 9.97. The minimum Gasteiger partial charge on any atom is -0.468 e. The van der Waals surface area contributed by atoms with Crippen molar-refractivity contribution in [2.24, 2.45) is 0 Å². The Hall–Kier alpha value is -2.55. The standard InChI is InChI=1S/C21H22ClF2N3O3/c1-30-21(29)20(14-2-4-15(22)5-3-14)27-10-8-26(9-11-27)13-19(28)25-16-6-7-17(23)18(24)12-16/h2-7,12,20H,8-11,13H2,1H3,(H,25,28). The number of ether oxygens (including phenoxy) is 1. The molecule has 3 rings (SSSR count). The molecule has 0 radical (unpaired) electrons. The number of carbonyl (C=O) groups is 2. The number of nitrogens with zero attached hydrogens (tertiary/aromatic N) is 2. The second-order valence-corrected chi connectivity index (χ2v) is 7.40. The van der Waals surface area contributed by atoms with Gasteiger partial charge in [-0.15, -0.1) is 0 Å². The van der Waals surface area contributed by atoms with Crippen LogP contribution in [0.5, 0.6) is 0 Å². The van der Waals surface area contributed by atoms with E-state index >= 15 is 0 Å². The number of nitrogens with one attached hydrogen (secondary N) is 1. The molecule has 1 amide bonds. The predicted octanol–water partition coefficient (Wildman–Crippen LogP) is 3.09. The van der Waals surface area contributed by atoms with E-state index in [2.05, 4.69) is 5.32 Å². The molecule has 1 aliphatic rings. The number of benzene rings is 2. The van der Waals surface area contributed by atoms with Gasteiger partial charge >= 0.3 is 5.97 Å². The van der Waals surface area contributed by atoms with Crippen molar-refractivity contribution in [3.8, 4) is 0 Å². The maximum Gasteiger partial charge on any atom is 0.327 e. The van der Waals surface area contributed by atoms with Crippen molar-refractivity contribution in [3.63, 3.8) is 0 Å². The molecular weight excluding hydrogens is 416 g/mol. The van der Waals surface area contributed by atoms with Gasteiger partial charge in [0.1, 0.15) is 6.04 Å². The number of amides is 1. The Bertz CT molecular complexity index is 903. The highest BCUT2D eigenvalue weighted by atomic mass is 35.5. The molecule has 1 fully saturated rings. The van der Waals surface area contributed by atoms with Gasteiger partial charge in [-0.2, -0.15) is 0 Å². The Kier molecular flexibility index (Phi) is 7.36. The van der Waals surface area contributed by atoms with E-state index in [0.717, 1.165) is 17.7 Å². The van der Waals surface area contributed by atoms with E-state index in [1.807, 2.05) is 9.80 Å². The third-order valence-electron chi connectivity index (χ3n) is 4.95. The number of carbonyl (C=O) groups excluding carboxylic acids is 2. The first-order chi connectivity index (χ1) is 14.4. The molecule has 6 nitrogen and oxygen atoms in total. The molecule has 2 aromatic rings. The first-order valence-electron chi connectivity index (χ1n) is 9.42. The number of rotatable bonds is 6. The van der Waals surface area contributed by atoms with Gasteiger partial charge in [0, 0.05) is 43.0 Å². The van der Waals surface area contributed by atoms with Crippen LogP contribution in [0.15, 0.2) is 42.5 Å². The summed E-state index contributed by atoms with van der Waals surface area (Å²) in [5, 5.41) is 3.14. The molecule has 1 saturated heterocycles. The molecule has 160 valence electrons. The molecule has 1 unspecified atom stereocenters. The van der Waals surface area contributed by atoms with Crippen molar-refractivity contribution < 1.29 is 23.1 Å². The molecule has 0 bridgehead atoms. The number of esters is 1. The predicted molar refractivity (Wildman–Crippen MR) is 109 cm³/mol. The molecule has 30 heavy (non-hydrogen) atoms. The van der Waals surface area contributed by atoms with Crippen LogP contribution < -0.4 is 5.32 Å². The fourth-order valence-electron chi connectivity index (χ4n) is 3.41. The van der Waals surface area contributed by atoms with Gasteiger partial charge in [0.25, 0.3) is 0 Å². The van der Waals surface area contributed by atoms with Crippen molar-refractivity contribution >= 4 is 29.2 Å². The highest BCUT2D eigenvalue weighted by molar-refractivity contribution is 6.30.